The minimum atomic E-state index is -1.98. The van der Waals surface area contributed by atoms with Crippen molar-refractivity contribution < 1.29 is 89.4 Å². The zero-order chi connectivity index (χ0) is 61.2. The van der Waals surface area contributed by atoms with Gasteiger partial charge in [0.25, 0.3) is 0 Å². The van der Waals surface area contributed by atoms with Gasteiger partial charge in [-0.1, -0.05) is 237 Å². The highest BCUT2D eigenvalue weighted by molar-refractivity contribution is 5.76. The molecule has 0 radical (unpaired) electrons. The Labute approximate surface area is 505 Å². The van der Waals surface area contributed by atoms with Crippen molar-refractivity contribution in [2.75, 3.05) is 26.4 Å². The van der Waals surface area contributed by atoms with Gasteiger partial charge in [0.1, 0.15) is 73.2 Å². The number of hydrogen-bond acceptors (Lipinski definition) is 18. The lowest BCUT2D eigenvalue weighted by Gasteiger charge is -2.48. The predicted molar refractivity (Wildman–Crippen MR) is 323 cm³/mol. The summed E-state index contributed by atoms with van der Waals surface area (Å²) in [6.45, 7) is 1.73. The summed E-state index contributed by atoms with van der Waals surface area (Å²) in [5.41, 5.74) is 0. The smallest absolute Gasteiger partial charge is 0.220 e. The highest BCUT2D eigenvalue weighted by Gasteiger charge is 2.53. The van der Waals surface area contributed by atoms with Crippen molar-refractivity contribution in [2.24, 2.45) is 0 Å². The Morgan fingerprint density at radius 3 is 1.19 bits per heavy atom. The molecule has 19 heteroatoms. The lowest BCUT2D eigenvalue weighted by Crippen LogP contribution is -2.66. The molecule has 0 aromatic heterocycles. The van der Waals surface area contributed by atoms with Crippen molar-refractivity contribution in [1.29, 1.82) is 0 Å². The lowest BCUT2D eigenvalue weighted by molar-refractivity contribution is -0.379. The Bertz CT molecular complexity index is 1630. The Balaban J connectivity index is 1.45. The number of aliphatic hydroxyl groups excluding tert-OH is 11. The molecule has 0 aromatic carbocycles. The molecule has 3 aliphatic heterocycles. The molecule has 3 rings (SSSR count). The first-order valence-corrected chi connectivity index (χ1v) is 33.6. The molecule has 3 aliphatic rings. The van der Waals surface area contributed by atoms with E-state index >= 15 is 0 Å². The molecule has 3 heterocycles. The Morgan fingerprint density at radius 1 is 0.417 bits per heavy atom. The molecule has 0 saturated carbocycles. The van der Waals surface area contributed by atoms with Crippen LogP contribution in [0.1, 0.15) is 251 Å². The molecule has 17 atom stereocenters. The van der Waals surface area contributed by atoms with E-state index in [0.717, 1.165) is 38.5 Å². The molecule has 1 amide bonds. The average Bonchev–Trinajstić information content (AvgIpc) is 2.79. The second-order valence-electron chi connectivity index (χ2n) is 24.3. The number of allylic oxidation sites excluding steroid dienone is 3. The molecular formula is C65H121NO18. The van der Waals surface area contributed by atoms with Crippen molar-refractivity contribution in [3.63, 3.8) is 0 Å². The number of carbonyl (C=O) groups excluding carboxylic acids is 1. The third-order valence-corrected chi connectivity index (χ3v) is 17.0. The molecule has 0 spiro atoms. The van der Waals surface area contributed by atoms with Gasteiger partial charge in [0, 0.05) is 6.42 Å². The zero-order valence-electron chi connectivity index (χ0n) is 51.9. The molecule has 0 aromatic rings. The maximum Gasteiger partial charge on any atom is 0.220 e. The van der Waals surface area contributed by atoms with Gasteiger partial charge < -0.3 is 89.9 Å². The van der Waals surface area contributed by atoms with E-state index in [-0.39, 0.29) is 18.9 Å². The van der Waals surface area contributed by atoms with Crippen LogP contribution in [0.25, 0.3) is 0 Å². The average molecular weight is 1200 g/mol. The summed E-state index contributed by atoms with van der Waals surface area (Å²) in [5.74, 6) is -0.281. The number of unbranched alkanes of at least 4 members (excludes halogenated alkanes) is 33. The fourth-order valence-corrected chi connectivity index (χ4v) is 11.5. The number of ether oxygens (including phenoxy) is 6. The quantitative estimate of drug-likeness (QED) is 0.0204. The number of amides is 1. The summed E-state index contributed by atoms with van der Waals surface area (Å²) in [7, 11) is 0. The van der Waals surface area contributed by atoms with E-state index < -0.39 is 124 Å². The largest absolute Gasteiger partial charge is 0.394 e. The highest BCUT2D eigenvalue weighted by Crippen LogP contribution is 2.33. The SMILES string of the molecule is CCCCCCCCCCCC/C=C/CC/C=C/C(O)C(COC1OC(CO)C(OC2OC(CO)C(OC3OC(CO)C(O)C(O)C3O)C(O)C2O)C(O)C1O)NC(=O)CCCCCCCCCCCCCCCCCCCCCCCCC. The van der Waals surface area contributed by atoms with Crippen LogP contribution >= 0.6 is 0 Å². The highest BCUT2D eigenvalue weighted by atomic mass is 16.8. The summed E-state index contributed by atoms with van der Waals surface area (Å²) in [4.78, 5) is 13.4. The van der Waals surface area contributed by atoms with Crippen LogP contribution in [0, 0.1) is 0 Å². The molecule has 19 nitrogen and oxygen atoms in total. The van der Waals surface area contributed by atoms with Gasteiger partial charge in [-0.3, -0.25) is 4.79 Å². The van der Waals surface area contributed by atoms with E-state index in [9.17, 15) is 61.0 Å². The number of nitrogens with one attached hydrogen (secondary N) is 1. The number of rotatable bonds is 51. The zero-order valence-corrected chi connectivity index (χ0v) is 51.9. The predicted octanol–water partition coefficient (Wildman–Crippen LogP) is 7.88. The molecule has 12 N–H and O–H groups in total. The Morgan fingerprint density at radius 2 is 0.762 bits per heavy atom. The van der Waals surface area contributed by atoms with Crippen LogP contribution in [0.3, 0.4) is 0 Å². The molecule has 494 valence electrons. The van der Waals surface area contributed by atoms with Gasteiger partial charge >= 0.3 is 0 Å². The van der Waals surface area contributed by atoms with Gasteiger partial charge in [-0.2, -0.15) is 0 Å². The van der Waals surface area contributed by atoms with Crippen LogP contribution in [0.5, 0.6) is 0 Å². The van der Waals surface area contributed by atoms with E-state index in [0.29, 0.717) is 12.8 Å². The summed E-state index contributed by atoms with van der Waals surface area (Å²) < 4.78 is 34.3. The molecule has 0 aliphatic carbocycles. The minimum absolute atomic E-state index is 0.240. The Kier molecular flexibility index (Phi) is 43.9. The first-order chi connectivity index (χ1) is 40.8. The molecular weight excluding hydrogens is 1080 g/mol. The maximum atomic E-state index is 13.4. The van der Waals surface area contributed by atoms with E-state index in [1.807, 2.05) is 6.08 Å². The first kappa shape index (κ1) is 76.5. The summed E-state index contributed by atoms with van der Waals surface area (Å²) in [5, 5.41) is 120. The van der Waals surface area contributed by atoms with Gasteiger partial charge in [-0.15, -0.1) is 0 Å². The van der Waals surface area contributed by atoms with Gasteiger partial charge in [0.2, 0.25) is 5.91 Å². The van der Waals surface area contributed by atoms with Crippen molar-refractivity contribution in [1.82, 2.24) is 5.32 Å². The summed E-state index contributed by atoms with van der Waals surface area (Å²) >= 11 is 0. The fourth-order valence-electron chi connectivity index (χ4n) is 11.5. The number of aliphatic hydroxyl groups is 11. The van der Waals surface area contributed by atoms with Crippen molar-refractivity contribution in [2.45, 2.75) is 356 Å². The van der Waals surface area contributed by atoms with Gasteiger partial charge in [-0.25, -0.2) is 0 Å². The van der Waals surface area contributed by atoms with E-state index in [1.54, 1.807) is 6.08 Å². The van der Waals surface area contributed by atoms with Crippen LogP contribution in [0.4, 0.5) is 0 Å². The Hall–Kier alpha value is -1.73. The standard InChI is InChI=1S/C65H121NO18/c1-3-5-7-9-11-13-15-17-19-21-22-23-24-25-26-27-29-31-33-35-37-39-41-43-53(71)66-48(49(70)42-40-38-36-34-32-30-28-20-18-16-14-12-10-8-6-4-2)47-79-63-59(77)56(74)61(51(45-68)81-63)84-65-60(78)57(75)62(52(46-69)82-65)83-64-58(76)55(73)54(72)50(44-67)80-64/h32,34,40,42,48-52,54-65,67-70,72-78H,3-31,33,35-39,41,43-47H2,1-2H3,(H,66,71)/b34-32+,42-40+. The van der Waals surface area contributed by atoms with Crippen LogP contribution in [0.2, 0.25) is 0 Å². The van der Waals surface area contributed by atoms with Gasteiger partial charge in [0.05, 0.1) is 38.6 Å². The van der Waals surface area contributed by atoms with Crippen LogP contribution in [-0.4, -0.2) is 193 Å². The molecule has 3 fully saturated rings. The molecule has 0 bridgehead atoms. The third-order valence-electron chi connectivity index (χ3n) is 17.0. The molecule has 3 saturated heterocycles. The van der Waals surface area contributed by atoms with Crippen LogP contribution < -0.4 is 5.32 Å². The maximum absolute atomic E-state index is 13.4. The van der Waals surface area contributed by atoms with Crippen LogP contribution in [-0.2, 0) is 33.2 Å². The van der Waals surface area contributed by atoms with Gasteiger partial charge in [-0.05, 0) is 32.1 Å². The number of hydrogen-bond donors (Lipinski definition) is 12. The van der Waals surface area contributed by atoms with Crippen molar-refractivity contribution in [3.8, 4) is 0 Å². The van der Waals surface area contributed by atoms with E-state index in [1.165, 1.54) is 180 Å². The second kappa shape index (κ2) is 48.2. The second-order valence-corrected chi connectivity index (χ2v) is 24.3. The van der Waals surface area contributed by atoms with Crippen LogP contribution in [0.15, 0.2) is 24.3 Å². The van der Waals surface area contributed by atoms with E-state index in [2.05, 4.69) is 31.3 Å². The third kappa shape index (κ3) is 30.7. The summed E-state index contributed by atoms with van der Waals surface area (Å²) in [6.07, 6.45) is 25.9. The van der Waals surface area contributed by atoms with E-state index in [4.69, 9.17) is 28.4 Å². The van der Waals surface area contributed by atoms with Crippen molar-refractivity contribution in [3.05, 3.63) is 24.3 Å². The summed E-state index contributed by atoms with van der Waals surface area (Å²) in [6, 6.07) is -0.986. The molecule has 17 unspecified atom stereocenters. The monoisotopic (exact) mass is 1200 g/mol. The first-order valence-electron chi connectivity index (χ1n) is 33.6. The minimum Gasteiger partial charge on any atom is -0.394 e. The fraction of sp³-hybridized carbons (Fsp3) is 0.923. The lowest BCUT2D eigenvalue weighted by atomic mass is 9.96. The topological polar surface area (TPSA) is 307 Å². The molecule has 84 heavy (non-hydrogen) atoms. The normalized spacial score (nSPS) is 29.3. The van der Waals surface area contributed by atoms with Gasteiger partial charge in [0.15, 0.2) is 18.9 Å². The van der Waals surface area contributed by atoms with Crippen molar-refractivity contribution >= 4 is 5.91 Å². The number of carbonyl (C=O) groups is 1.